The Morgan fingerprint density at radius 3 is 2.34 bits per heavy atom. The van der Waals surface area contributed by atoms with Gasteiger partial charge in [0, 0.05) is 23.1 Å². The summed E-state index contributed by atoms with van der Waals surface area (Å²) in [5.74, 6) is -0.758. The number of imide groups is 2. The van der Waals surface area contributed by atoms with Gasteiger partial charge in [-0.3, -0.25) is 14.9 Å². The number of carbonyl (C=O) groups excluding carboxylic acids is 3. The molecule has 0 unspecified atom stereocenters. The quantitative estimate of drug-likeness (QED) is 0.494. The Bertz CT molecular complexity index is 1240. The fourth-order valence-corrected chi connectivity index (χ4v) is 3.59. The van der Waals surface area contributed by atoms with Crippen molar-refractivity contribution in [2.24, 2.45) is 0 Å². The first-order valence-electron chi connectivity index (χ1n) is 9.82. The second kappa shape index (κ2) is 8.43. The molecule has 1 aliphatic rings. The number of amides is 4. The number of ether oxygens (including phenoxy) is 2. The zero-order valence-electron chi connectivity index (χ0n) is 17.8. The number of barbiturate groups is 1. The van der Waals surface area contributed by atoms with Crippen molar-refractivity contribution >= 4 is 29.6 Å². The summed E-state index contributed by atoms with van der Waals surface area (Å²) in [7, 11) is 2.92. The molecule has 0 bridgehead atoms. The summed E-state index contributed by atoms with van der Waals surface area (Å²) in [6.45, 7) is 1.93. The highest BCUT2D eigenvalue weighted by Crippen LogP contribution is 2.34. The first-order chi connectivity index (χ1) is 15.4. The number of aromatic nitrogens is 1. The van der Waals surface area contributed by atoms with Crippen LogP contribution in [0.3, 0.4) is 0 Å². The number of para-hydroxylation sites is 1. The number of nitrogens with zero attached hydrogens (tertiary/aromatic N) is 2. The van der Waals surface area contributed by atoms with Gasteiger partial charge in [0.2, 0.25) is 0 Å². The smallest absolute Gasteiger partial charge is 0.336 e. The highest BCUT2D eigenvalue weighted by Gasteiger charge is 2.38. The van der Waals surface area contributed by atoms with Gasteiger partial charge in [0.05, 0.1) is 19.9 Å². The van der Waals surface area contributed by atoms with Crippen LogP contribution in [-0.4, -0.2) is 36.6 Å². The van der Waals surface area contributed by atoms with Crippen LogP contribution in [0.15, 0.2) is 66.2 Å². The van der Waals surface area contributed by atoms with E-state index >= 15 is 0 Å². The Kier molecular flexibility index (Phi) is 5.51. The lowest BCUT2D eigenvalue weighted by Gasteiger charge is -2.27. The highest BCUT2D eigenvalue weighted by atomic mass is 16.5. The number of nitrogens with one attached hydrogen (secondary N) is 1. The molecule has 1 N–H and O–H groups in total. The zero-order chi connectivity index (χ0) is 22.8. The monoisotopic (exact) mass is 431 g/mol. The number of urea groups is 1. The number of hydrogen-bond acceptors (Lipinski definition) is 5. The van der Waals surface area contributed by atoms with Gasteiger partial charge in [0.1, 0.15) is 17.1 Å². The van der Waals surface area contributed by atoms with Gasteiger partial charge in [-0.2, -0.15) is 0 Å². The third kappa shape index (κ3) is 3.62. The predicted molar refractivity (Wildman–Crippen MR) is 119 cm³/mol. The lowest BCUT2D eigenvalue weighted by molar-refractivity contribution is -0.122. The molecule has 8 heteroatoms. The molecule has 2 aromatic carbocycles. The van der Waals surface area contributed by atoms with Crippen LogP contribution in [0.4, 0.5) is 10.5 Å². The van der Waals surface area contributed by atoms with Gasteiger partial charge >= 0.3 is 6.03 Å². The normalized spacial score (nSPS) is 15.2. The van der Waals surface area contributed by atoms with Gasteiger partial charge in [-0.25, -0.2) is 9.69 Å². The molecule has 32 heavy (non-hydrogen) atoms. The molecule has 4 rings (SSSR count). The SMILES string of the molecule is COc1ccc(N2C(=O)NC(=O)/C(=C\c3ccc(C)n3-c3ccccc3)C2=O)c(OC)c1. The molecule has 3 aromatic rings. The topological polar surface area (TPSA) is 89.9 Å². The number of hydrogen-bond donors (Lipinski definition) is 1. The standard InChI is InChI=1S/C24H21N3O5/c1-15-9-10-17(26(15)16-7-5-4-6-8-16)13-19-22(28)25-24(30)27(23(19)29)20-12-11-18(31-2)14-21(20)32-3/h4-14H,1-3H3,(H,25,28,30)/b19-13+. The van der Waals surface area contributed by atoms with E-state index in [0.29, 0.717) is 11.4 Å². The largest absolute Gasteiger partial charge is 0.497 e. The molecule has 0 aliphatic carbocycles. The first kappa shape index (κ1) is 20.9. The Morgan fingerprint density at radius 2 is 1.66 bits per heavy atom. The summed E-state index contributed by atoms with van der Waals surface area (Å²) >= 11 is 0. The van der Waals surface area contributed by atoms with Crippen LogP contribution < -0.4 is 19.7 Å². The Morgan fingerprint density at radius 1 is 0.906 bits per heavy atom. The molecule has 1 aromatic heterocycles. The van der Waals surface area contributed by atoms with Crippen LogP contribution in [0.25, 0.3) is 11.8 Å². The van der Waals surface area contributed by atoms with Gasteiger partial charge in [-0.05, 0) is 49.4 Å². The van der Waals surface area contributed by atoms with Gasteiger partial charge in [0.25, 0.3) is 11.8 Å². The Balaban J connectivity index is 1.79. The second-order valence-corrected chi connectivity index (χ2v) is 7.07. The van der Waals surface area contributed by atoms with Gasteiger partial charge in [-0.1, -0.05) is 18.2 Å². The molecular formula is C24H21N3O5. The summed E-state index contributed by atoms with van der Waals surface area (Å²) in [6, 6.07) is 17.1. The number of methoxy groups -OCH3 is 2. The maximum Gasteiger partial charge on any atom is 0.336 e. The molecule has 4 amide bonds. The Labute approximate surface area is 184 Å². The molecule has 0 spiro atoms. The first-order valence-corrected chi connectivity index (χ1v) is 9.82. The molecule has 0 saturated carbocycles. The minimum atomic E-state index is -0.852. The average molecular weight is 431 g/mol. The molecule has 1 saturated heterocycles. The van der Waals surface area contributed by atoms with Gasteiger partial charge in [-0.15, -0.1) is 0 Å². The van der Waals surface area contributed by atoms with Crippen LogP contribution >= 0.6 is 0 Å². The number of benzene rings is 2. The summed E-state index contributed by atoms with van der Waals surface area (Å²) < 4.78 is 12.4. The van der Waals surface area contributed by atoms with Crippen molar-refractivity contribution in [1.29, 1.82) is 0 Å². The van der Waals surface area contributed by atoms with Crippen molar-refractivity contribution in [3.63, 3.8) is 0 Å². The van der Waals surface area contributed by atoms with E-state index in [0.717, 1.165) is 16.3 Å². The van der Waals surface area contributed by atoms with Crippen LogP contribution in [0, 0.1) is 6.92 Å². The molecule has 162 valence electrons. The third-order valence-electron chi connectivity index (χ3n) is 5.14. The summed E-state index contributed by atoms with van der Waals surface area (Å²) in [4.78, 5) is 39.4. The lowest BCUT2D eigenvalue weighted by atomic mass is 10.1. The number of carbonyl (C=O) groups is 3. The van der Waals surface area contributed by atoms with Crippen molar-refractivity contribution in [1.82, 2.24) is 9.88 Å². The third-order valence-corrected chi connectivity index (χ3v) is 5.14. The van der Waals surface area contributed by atoms with E-state index < -0.39 is 17.8 Å². The van der Waals surface area contributed by atoms with Crippen LogP contribution in [0.1, 0.15) is 11.4 Å². The molecule has 0 atom stereocenters. The molecule has 0 radical (unpaired) electrons. The van der Waals surface area contributed by atoms with E-state index in [4.69, 9.17) is 9.47 Å². The minimum absolute atomic E-state index is 0.169. The van der Waals surface area contributed by atoms with Gasteiger partial charge < -0.3 is 14.0 Å². The van der Waals surface area contributed by atoms with E-state index in [9.17, 15) is 14.4 Å². The molecule has 1 fully saturated rings. The van der Waals surface area contributed by atoms with E-state index in [1.165, 1.54) is 26.4 Å². The van der Waals surface area contributed by atoms with Crippen molar-refractivity contribution < 1.29 is 23.9 Å². The Hall–Kier alpha value is -4.33. The molecule has 1 aliphatic heterocycles. The predicted octanol–water partition coefficient (Wildman–Crippen LogP) is 3.47. The van der Waals surface area contributed by atoms with Crippen molar-refractivity contribution in [3.05, 3.63) is 77.6 Å². The second-order valence-electron chi connectivity index (χ2n) is 7.07. The lowest BCUT2D eigenvalue weighted by Crippen LogP contribution is -2.54. The zero-order valence-corrected chi connectivity index (χ0v) is 17.8. The van der Waals surface area contributed by atoms with Crippen molar-refractivity contribution in [3.8, 4) is 17.2 Å². The van der Waals surface area contributed by atoms with E-state index in [2.05, 4.69) is 5.32 Å². The van der Waals surface area contributed by atoms with Gasteiger partial charge in [0.15, 0.2) is 0 Å². The fraction of sp³-hybridized carbons (Fsp3) is 0.125. The fourth-order valence-electron chi connectivity index (χ4n) is 3.59. The van der Waals surface area contributed by atoms with Crippen LogP contribution in [0.5, 0.6) is 11.5 Å². The van der Waals surface area contributed by atoms with E-state index in [-0.39, 0.29) is 17.0 Å². The maximum atomic E-state index is 13.3. The summed E-state index contributed by atoms with van der Waals surface area (Å²) in [5, 5.41) is 2.24. The molecular weight excluding hydrogens is 410 g/mol. The highest BCUT2D eigenvalue weighted by molar-refractivity contribution is 6.39. The average Bonchev–Trinajstić information content (AvgIpc) is 3.17. The molecule has 2 heterocycles. The maximum absolute atomic E-state index is 13.3. The van der Waals surface area contributed by atoms with Crippen LogP contribution in [-0.2, 0) is 9.59 Å². The van der Waals surface area contributed by atoms with Crippen LogP contribution in [0.2, 0.25) is 0 Å². The minimum Gasteiger partial charge on any atom is -0.497 e. The summed E-state index contributed by atoms with van der Waals surface area (Å²) in [6.07, 6.45) is 1.48. The van der Waals surface area contributed by atoms with Crippen molar-refractivity contribution in [2.45, 2.75) is 6.92 Å². The number of aryl methyl sites for hydroxylation is 1. The van der Waals surface area contributed by atoms with E-state index in [1.807, 2.05) is 54.0 Å². The summed E-state index contributed by atoms with van der Waals surface area (Å²) in [5.41, 5.74) is 2.47. The van der Waals surface area contributed by atoms with E-state index in [1.54, 1.807) is 12.1 Å². The molecule has 8 nitrogen and oxygen atoms in total. The number of rotatable bonds is 5. The van der Waals surface area contributed by atoms with Crippen molar-refractivity contribution in [2.75, 3.05) is 19.1 Å². The number of anilines is 1.